The number of para-hydroxylation sites is 1. The molecule has 2 aliphatic heterocycles. The van der Waals surface area contributed by atoms with Crippen LogP contribution in [0.15, 0.2) is 48.5 Å². The highest BCUT2D eigenvalue weighted by atomic mass is 16.5. The van der Waals surface area contributed by atoms with Gasteiger partial charge in [0.1, 0.15) is 5.75 Å². The second kappa shape index (κ2) is 8.88. The summed E-state index contributed by atoms with van der Waals surface area (Å²) in [6.07, 6.45) is 0. The molecule has 0 spiro atoms. The van der Waals surface area contributed by atoms with Crippen molar-refractivity contribution in [3.8, 4) is 5.75 Å². The molecule has 30 heavy (non-hydrogen) atoms. The molecule has 158 valence electrons. The molecule has 2 heterocycles. The van der Waals surface area contributed by atoms with Gasteiger partial charge in [-0.15, -0.1) is 0 Å². The van der Waals surface area contributed by atoms with Gasteiger partial charge in [-0.3, -0.25) is 9.59 Å². The molecule has 0 radical (unpaired) electrons. The molecule has 2 aliphatic rings. The van der Waals surface area contributed by atoms with Crippen molar-refractivity contribution in [2.45, 2.75) is 12.8 Å². The number of benzene rings is 2. The second-order valence-corrected chi connectivity index (χ2v) is 7.97. The van der Waals surface area contributed by atoms with E-state index in [1.807, 2.05) is 65.3 Å². The van der Waals surface area contributed by atoms with Crippen LogP contribution < -0.4 is 4.74 Å². The van der Waals surface area contributed by atoms with Gasteiger partial charge in [0.25, 0.3) is 5.91 Å². The monoisotopic (exact) mass is 408 g/mol. The standard InChI is InChI=1S/C24H28N2O4/c1-17-7-9-18(10-8-17)23(27)26-15-20(19-5-3-4-6-22(19)29-2)21(16-26)24(28)25-11-13-30-14-12-25/h3-10,20-21H,11-16H2,1-2H3/t20-,21+/m0/s1. The number of hydrogen-bond donors (Lipinski definition) is 0. The zero-order valence-electron chi connectivity index (χ0n) is 17.5. The Hall–Kier alpha value is -2.86. The van der Waals surface area contributed by atoms with Crippen LogP contribution in [0, 0.1) is 12.8 Å². The summed E-state index contributed by atoms with van der Waals surface area (Å²) < 4.78 is 11.0. The summed E-state index contributed by atoms with van der Waals surface area (Å²) in [6, 6.07) is 15.4. The maximum atomic E-state index is 13.4. The predicted octanol–water partition coefficient (Wildman–Crippen LogP) is 2.72. The molecular weight excluding hydrogens is 380 g/mol. The number of hydrogen-bond acceptors (Lipinski definition) is 4. The van der Waals surface area contributed by atoms with Gasteiger partial charge in [0.15, 0.2) is 0 Å². The van der Waals surface area contributed by atoms with Gasteiger partial charge in [-0.25, -0.2) is 0 Å². The summed E-state index contributed by atoms with van der Waals surface area (Å²) in [5, 5.41) is 0. The van der Waals surface area contributed by atoms with E-state index in [-0.39, 0.29) is 23.7 Å². The van der Waals surface area contributed by atoms with E-state index < -0.39 is 0 Å². The number of morpholine rings is 1. The van der Waals surface area contributed by atoms with E-state index in [1.54, 1.807) is 7.11 Å². The average molecular weight is 408 g/mol. The predicted molar refractivity (Wildman–Crippen MR) is 114 cm³/mol. The highest BCUT2D eigenvalue weighted by molar-refractivity contribution is 5.95. The van der Waals surface area contributed by atoms with Crippen molar-refractivity contribution in [3.05, 3.63) is 65.2 Å². The third-order valence-corrected chi connectivity index (χ3v) is 6.08. The lowest BCUT2D eigenvalue weighted by atomic mass is 9.87. The molecular formula is C24H28N2O4. The van der Waals surface area contributed by atoms with Gasteiger partial charge in [0, 0.05) is 37.7 Å². The molecule has 0 bridgehead atoms. The number of carbonyl (C=O) groups is 2. The minimum atomic E-state index is -0.297. The lowest BCUT2D eigenvalue weighted by Crippen LogP contribution is -2.45. The summed E-state index contributed by atoms with van der Waals surface area (Å²) in [5.74, 6) is 0.409. The maximum absolute atomic E-state index is 13.4. The first-order valence-corrected chi connectivity index (χ1v) is 10.4. The molecule has 0 N–H and O–H groups in total. The first-order chi connectivity index (χ1) is 14.6. The fraction of sp³-hybridized carbons (Fsp3) is 0.417. The Labute approximate surface area is 177 Å². The van der Waals surface area contributed by atoms with Gasteiger partial charge >= 0.3 is 0 Å². The molecule has 4 rings (SSSR count). The van der Waals surface area contributed by atoms with Gasteiger partial charge in [0.2, 0.25) is 5.91 Å². The minimum Gasteiger partial charge on any atom is -0.496 e. The molecule has 6 heteroatoms. The van der Waals surface area contributed by atoms with Crippen LogP contribution in [0.25, 0.3) is 0 Å². The van der Waals surface area contributed by atoms with Gasteiger partial charge in [0.05, 0.1) is 26.2 Å². The van der Waals surface area contributed by atoms with Crippen LogP contribution in [-0.4, -0.2) is 68.1 Å². The lowest BCUT2D eigenvalue weighted by Gasteiger charge is -2.31. The summed E-state index contributed by atoms with van der Waals surface area (Å²) >= 11 is 0. The number of aryl methyl sites for hydroxylation is 1. The summed E-state index contributed by atoms with van der Waals surface area (Å²) in [5.41, 5.74) is 2.74. The molecule has 2 aromatic carbocycles. The molecule has 2 fully saturated rings. The summed E-state index contributed by atoms with van der Waals surface area (Å²) in [7, 11) is 1.64. The molecule has 2 atom stereocenters. The SMILES string of the molecule is COc1ccccc1[C@@H]1CN(C(=O)c2ccc(C)cc2)C[C@H]1C(=O)N1CCOCC1. The van der Waals surface area contributed by atoms with Crippen molar-refractivity contribution >= 4 is 11.8 Å². The van der Waals surface area contributed by atoms with Crippen LogP contribution in [0.5, 0.6) is 5.75 Å². The van der Waals surface area contributed by atoms with E-state index in [1.165, 1.54) is 0 Å². The van der Waals surface area contributed by atoms with E-state index in [2.05, 4.69) is 0 Å². The average Bonchev–Trinajstić information content (AvgIpc) is 3.24. The number of methoxy groups -OCH3 is 1. The third kappa shape index (κ3) is 4.05. The normalized spacial score (nSPS) is 21.5. The Kier molecular flexibility index (Phi) is 6.04. The number of nitrogens with zero attached hydrogens (tertiary/aromatic N) is 2. The van der Waals surface area contributed by atoms with Crippen molar-refractivity contribution in [3.63, 3.8) is 0 Å². The van der Waals surface area contributed by atoms with E-state index in [0.29, 0.717) is 45.0 Å². The fourth-order valence-electron chi connectivity index (χ4n) is 4.40. The fourth-order valence-corrected chi connectivity index (χ4v) is 4.40. The zero-order valence-corrected chi connectivity index (χ0v) is 17.5. The molecule has 2 saturated heterocycles. The Morgan fingerprint density at radius 3 is 2.37 bits per heavy atom. The van der Waals surface area contributed by atoms with Gasteiger partial charge < -0.3 is 19.3 Å². The molecule has 0 aliphatic carbocycles. The number of amides is 2. The number of likely N-dealkylation sites (tertiary alicyclic amines) is 1. The number of ether oxygens (including phenoxy) is 2. The zero-order chi connectivity index (χ0) is 21.1. The number of rotatable bonds is 4. The Bertz CT molecular complexity index is 906. The van der Waals surface area contributed by atoms with Gasteiger partial charge in [-0.1, -0.05) is 35.9 Å². The first kappa shape index (κ1) is 20.4. The van der Waals surface area contributed by atoms with Crippen LogP contribution in [0.2, 0.25) is 0 Å². The van der Waals surface area contributed by atoms with E-state index in [4.69, 9.17) is 9.47 Å². The highest BCUT2D eigenvalue weighted by Gasteiger charge is 2.43. The summed E-state index contributed by atoms with van der Waals surface area (Å²) in [6.45, 7) is 5.21. The molecule has 6 nitrogen and oxygen atoms in total. The smallest absolute Gasteiger partial charge is 0.253 e. The van der Waals surface area contributed by atoms with Crippen LogP contribution >= 0.6 is 0 Å². The van der Waals surface area contributed by atoms with Crippen molar-refractivity contribution < 1.29 is 19.1 Å². The Balaban J connectivity index is 1.63. The van der Waals surface area contributed by atoms with Crippen LogP contribution in [0.3, 0.4) is 0 Å². The molecule has 2 aromatic rings. The van der Waals surface area contributed by atoms with Crippen LogP contribution in [0.1, 0.15) is 27.4 Å². The quantitative estimate of drug-likeness (QED) is 0.781. The van der Waals surface area contributed by atoms with Crippen LogP contribution in [0.4, 0.5) is 0 Å². The largest absolute Gasteiger partial charge is 0.496 e. The molecule has 0 unspecified atom stereocenters. The Morgan fingerprint density at radius 1 is 0.967 bits per heavy atom. The van der Waals surface area contributed by atoms with Gasteiger partial charge in [-0.05, 0) is 30.7 Å². The van der Waals surface area contributed by atoms with Crippen molar-refractivity contribution in [2.75, 3.05) is 46.5 Å². The van der Waals surface area contributed by atoms with Crippen molar-refractivity contribution in [1.29, 1.82) is 0 Å². The van der Waals surface area contributed by atoms with Gasteiger partial charge in [-0.2, -0.15) is 0 Å². The van der Waals surface area contributed by atoms with Crippen molar-refractivity contribution in [2.24, 2.45) is 5.92 Å². The third-order valence-electron chi connectivity index (χ3n) is 6.08. The van der Waals surface area contributed by atoms with Crippen LogP contribution in [-0.2, 0) is 9.53 Å². The molecule has 0 aromatic heterocycles. The summed E-state index contributed by atoms with van der Waals surface area (Å²) in [4.78, 5) is 30.3. The number of carbonyl (C=O) groups excluding carboxylic acids is 2. The molecule has 0 saturated carbocycles. The molecule has 2 amide bonds. The Morgan fingerprint density at radius 2 is 1.67 bits per heavy atom. The first-order valence-electron chi connectivity index (χ1n) is 10.4. The minimum absolute atomic E-state index is 0.0350. The second-order valence-electron chi connectivity index (χ2n) is 7.97. The van der Waals surface area contributed by atoms with E-state index >= 15 is 0 Å². The van der Waals surface area contributed by atoms with Crippen molar-refractivity contribution in [1.82, 2.24) is 9.80 Å². The highest BCUT2D eigenvalue weighted by Crippen LogP contribution is 2.39. The van der Waals surface area contributed by atoms with E-state index in [0.717, 1.165) is 16.9 Å². The maximum Gasteiger partial charge on any atom is 0.253 e. The van der Waals surface area contributed by atoms with E-state index in [9.17, 15) is 9.59 Å². The lowest BCUT2D eigenvalue weighted by molar-refractivity contribution is -0.139. The topological polar surface area (TPSA) is 59.1 Å².